The van der Waals surface area contributed by atoms with E-state index in [1.165, 1.54) is 0 Å². The van der Waals surface area contributed by atoms with Gasteiger partial charge in [0.15, 0.2) is 5.78 Å². The third-order valence-electron chi connectivity index (χ3n) is 3.26. The molecule has 0 heterocycles. The average molecular weight is 289 g/mol. The highest BCUT2D eigenvalue weighted by molar-refractivity contribution is 6.30. The summed E-state index contributed by atoms with van der Waals surface area (Å²) in [5.41, 5.74) is 3.64. The van der Waals surface area contributed by atoms with Gasteiger partial charge in [0.25, 0.3) is 0 Å². The zero-order valence-electron chi connectivity index (χ0n) is 11.9. The van der Waals surface area contributed by atoms with Crippen molar-refractivity contribution in [2.45, 2.75) is 20.3 Å². The Morgan fingerprint density at radius 2 is 1.65 bits per heavy atom. The molecule has 0 spiro atoms. The molecule has 0 bridgehead atoms. The van der Waals surface area contributed by atoms with Crippen LogP contribution in [0, 0.1) is 13.8 Å². The van der Waals surface area contributed by atoms with Gasteiger partial charge in [-0.25, -0.2) is 0 Å². The Morgan fingerprint density at radius 3 is 2.15 bits per heavy atom. The molecule has 0 radical (unpaired) electrons. The van der Waals surface area contributed by atoms with Gasteiger partial charge in [0.2, 0.25) is 0 Å². The van der Waals surface area contributed by atoms with Crippen LogP contribution >= 0.6 is 11.6 Å². The lowest BCUT2D eigenvalue weighted by Gasteiger charge is -2.11. The van der Waals surface area contributed by atoms with Crippen LogP contribution in [0.1, 0.15) is 27.0 Å². The Kier molecular flexibility index (Phi) is 4.46. The molecule has 0 amide bonds. The highest BCUT2D eigenvalue weighted by Crippen LogP contribution is 2.25. The highest BCUT2D eigenvalue weighted by atomic mass is 35.5. The normalized spacial score (nSPS) is 10.4. The summed E-state index contributed by atoms with van der Waals surface area (Å²) in [5.74, 6) is 0.939. The predicted molar refractivity (Wildman–Crippen MR) is 82.0 cm³/mol. The van der Waals surface area contributed by atoms with Crippen molar-refractivity contribution in [1.29, 1.82) is 0 Å². The fourth-order valence-electron chi connectivity index (χ4n) is 2.32. The molecule has 104 valence electrons. The van der Waals surface area contributed by atoms with Gasteiger partial charge in [0.1, 0.15) is 5.75 Å². The van der Waals surface area contributed by atoms with Crippen LogP contribution in [0.4, 0.5) is 0 Å². The maximum atomic E-state index is 12.3. The van der Waals surface area contributed by atoms with Crippen molar-refractivity contribution >= 4 is 17.4 Å². The van der Waals surface area contributed by atoms with E-state index in [1.807, 2.05) is 38.1 Å². The second-order valence-corrected chi connectivity index (χ2v) is 5.31. The van der Waals surface area contributed by atoms with E-state index in [0.717, 1.165) is 28.0 Å². The molecule has 0 aliphatic carbocycles. The lowest BCUT2D eigenvalue weighted by molar-refractivity contribution is 0.0993. The van der Waals surface area contributed by atoms with Crippen LogP contribution in [0.2, 0.25) is 5.02 Å². The van der Waals surface area contributed by atoms with E-state index < -0.39 is 0 Å². The minimum Gasteiger partial charge on any atom is -0.496 e. The van der Waals surface area contributed by atoms with E-state index in [2.05, 4.69) is 0 Å². The van der Waals surface area contributed by atoms with Gasteiger partial charge in [0.05, 0.1) is 7.11 Å². The molecule has 0 aliphatic heterocycles. The number of ketones is 1. The Morgan fingerprint density at radius 1 is 1.10 bits per heavy atom. The molecule has 0 saturated heterocycles. The van der Waals surface area contributed by atoms with E-state index in [0.29, 0.717) is 11.4 Å². The molecule has 0 aromatic heterocycles. The van der Waals surface area contributed by atoms with Gasteiger partial charge in [-0.15, -0.1) is 0 Å². The fourth-order valence-corrected chi connectivity index (χ4v) is 2.45. The number of ether oxygens (including phenoxy) is 1. The zero-order chi connectivity index (χ0) is 14.7. The lowest BCUT2D eigenvalue weighted by Crippen LogP contribution is -2.05. The lowest BCUT2D eigenvalue weighted by atomic mass is 9.99. The van der Waals surface area contributed by atoms with Gasteiger partial charge in [-0.3, -0.25) is 4.79 Å². The van der Waals surface area contributed by atoms with Gasteiger partial charge >= 0.3 is 0 Å². The summed E-state index contributed by atoms with van der Waals surface area (Å²) in [4.78, 5) is 12.3. The molecule has 0 aliphatic rings. The molecule has 2 rings (SSSR count). The van der Waals surface area contributed by atoms with E-state index >= 15 is 0 Å². The third-order valence-corrected chi connectivity index (χ3v) is 3.52. The van der Waals surface area contributed by atoms with Crippen LogP contribution in [-0.2, 0) is 6.42 Å². The molecule has 3 heteroatoms. The van der Waals surface area contributed by atoms with Crippen molar-refractivity contribution in [3.05, 3.63) is 63.7 Å². The highest BCUT2D eigenvalue weighted by Gasteiger charge is 2.11. The SMILES string of the molecule is COc1c(C)cc(C(=O)Cc2ccc(Cl)cc2)cc1C. The number of hydrogen-bond donors (Lipinski definition) is 0. The van der Waals surface area contributed by atoms with Gasteiger partial charge in [-0.2, -0.15) is 0 Å². The van der Waals surface area contributed by atoms with Crippen LogP contribution in [0.25, 0.3) is 0 Å². The first-order chi connectivity index (χ1) is 9.51. The fraction of sp³-hybridized carbons (Fsp3) is 0.235. The summed E-state index contributed by atoms with van der Waals surface area (Å²) >= 11 is 5.84. The average Bonchev–Trinajstić information content (AvgIpc) is 2.41. The Balaban J connectivity index is 2.23. The van der Waals surface area contributed by atoms with E-state index in [1.54, 1.807) is 19.2 Å². The van der Waals surface area contributed by atoms with Gasteiger partial charge in [-0.05, 0) is 54.8 Å². The predicted octanol–water partition coefficient (Wildman–Crippen LogP) is 4.39. The summed E-state index contributed by atoms with van der Waals surface area (Å²) in [6, 6.07) is 11.1. The Hall–Kier alpha value is -1.80. The molecular formula is C17H17ClO2. The topological polar surface area (TPSA) is 26.3 Å². The number of benzene rings is 2. The van der Waals surface area contributed by atoms with Gasteiger partial charge < -0.3 is 4.74 Å². The monoisotopic (exact) mass is 288 g/mol. The molecule has 0 atom stereocenters. The standard InChI is InChI=1S/C17H17ClO2/c1-11-8-14(9-12(2)17(11)20-3)16(19)10-13-4-6-15(18)7-5-13/h4-9H,10H2,1-3H3. The van der Waals surface area contributed by atoms with Crippen molar-refractivity contribution in [1.82, 2.24) is 0 Å². The number of hydrogen-bond acceptors (Lipinski definition) is 2. The van der Waals surface area contributed by atoms with Crippen molar-refractivity contribution in [2.75, 3.05) is 7.11 Å². The molecule has 0 fully saturated rings. The molecule has 0 unspecified atom stereocenters. The summed E-state index contributed by atoms with van der Waals surface area (Å²) in [5, 5.41) is 0.678. The maximum absolute atomic E-state index is 12.3. The van der Waals surface area contributed by atoms with Crippen LogP contribution in [0.15, 0.2) is 36.4 Å². The third kappa shape index (κ3) is 3.20. The quantitative estimate of drug-likeness (QED) is 0.780. The van der Waals surface area contributed by atoms with Crippen LogP contribution < -0.4 is 4.74 Å². The first-order valence-corrected chi connectivity index (χ1v) is 6.82. The van der Waals surface area contributed by atoms with Crippen LogP contribution in [0.3, 0.4) is 0 Å². The number of halogens is 1. The molecule has 2 nitrogen and oxygen atoms in total. The molecule has 20 heavy (non-hydrogen) atoms. The summed E-state index contributed by atoms with van der Waals surface area (Å²) in [7, 11) is 1.64. The molecule has 2 aromatic rings. The molecular weight excluding hydrogens is 272 g/mol. The minimum atomic E-state index is 0.0983. The smallest absolute Gasteiger partial charge is 0.167 e. The van der Waals surface area contributed by atoms with E-state index in [9.17, 15) is 4.79 Å². The first kappa shape index (κ1) is 14.6. The van der Waals surface area contributed by atoms with Crippen LogP contribution in [0.5, 0.6) is 5.75 Å². The van der Waals surface area contributed by atoms with Crippen molar-refractivity contribution < 1.29 is 9.53 Å². The zero-order valence-corrected chi connectivity index (χ0v) is 12.6. The first-order valence-electron chi connectivity index (χ1n) is 6.44. The largest absolute Gasteiger partial charge is 0.496 e. The van der Waals surface area contributed by atoms with Gasteiger partial charge in [-0.1, -0.05) is 23.7 Å². The molecule has 0 N–H and O–H groups in total. The number of Topliss-reactive ketones (excluding diaryl/α,β-unsaturated/α-hetero) is 1. The van der Waals surface area contributed by atoms with Crippen LogP contribution in [-0.4, -0.2) is 12.9 Å². The summed E-state index contributed by atoms with van der Waals surface area (Å²) in [6.07, 6.45) is 0.377. The van der Waals surface area contributed by atoms with Crippen molar-refractivity contribution in [2.24, 2.45) is 0 Å². The van der Waals surface area contributed by atoms with Crippen molar-refractivity contribution in [3.8, 4) is 5.75 Å². The number of methoxy groups -OCH3 is 1. The van der Waals surface area contributed by atoms with Gasteiger partial charge in [0, 0.05) is 17.0 Å². The number of aryl methyl sites for hydroxylation is 2. The second kappa shape index (κ2) is 6.10. The summed E-state index contributed by atoms with van der Waals surface area (Å²) < 4.78 is 5.32. The van der Waals surface area contributed by atoms with E-state index in [4.69, 9.17) is 16.3 Å². The second-order valence-electron chi connectivity index (χ2n) is 4.87. The number of rotatable bonds is 4. The van der Waals surface area contributed by atoms with E-state index in [-0.39, 0.29) is 5.78 Å². The Labute approximate surface area is 124 Å². The van der Waals surface area contributed by atoms with Crippen molar-refractivity contribution in [3.63, 3.8) is 0 Å². The molecule has 2 aromatic carbocycles. The molecule has 0 saturated carbocycles. The summed E-state index contributed by atoms with van der Waals surface area (Å²) in [6.45, 7) is 3.90. The number of carbonyl (C=O) groups excluding carboxylic acids is 1. The minimum absolute atomic E-state index is 0.0983. The Bertz CT molecular complexity index is 607. The maximum Gasteiger partial charge on any atom is 0.167 e. The number of carbonyl (C=O) groups is 1.